The highest BCUT2D eigenvalue weighted by molar-refractivity contribution is 5.85. The molecule has 17 heavy (non-hydrogen) atoms. The summed E-state index contributed by atoms with van der Waals surface area (Å²) in [7, 11) is 0. The van der Waals surface area contributed by atoms with E-state index < -0.39 is 11.8 Å². The van der Waals surface area contributed by atoms with Crippen molar-refractivity contribution >= 4 is 12.0 Å². The Hall–Kier alpha value is -2.43. The van der Waals surface area contributed by atoms with Crippen LogP contribution < -0.4 is 0 Å². The Labute approximate surface area is 96.7 Å². The van der Waals surface area contributed by atoms with Crippen LogP contribution in [0.15, 0.2) is 43.0 Å². The molecule has 0 aliphatic heterocycles. The molecule has 0 aliphatic rings. The third-order valence-electron chi connectivity index (χ3n) is 2.17. The number of carboxylic acid groups (broad SMARTS) is 1. The highest BCUT2D eigenvalue weighted by atomic mass is 19.1. The molecule has 2 aromatic rings. The lowest BCUT2D eigenvalue weighted by Crippen LogP contribution is -1.95. The largest absolute Gasteiger partial charge is 0.478 e. The maximum atomic E-state index is 13.7. The number of rotatable bonds is 3. The van der Waals surface area contributed by atoms with Crippen molar-refractivity contribution in [3.63, 3.8) is 0 Å². The van der Waals surface area contributed by atoms with Crippen LogP contribution >= 0.6 is 0 Å². The number of carbonyl (C=O) groups is 1. The quantitative estimate of drug-likeness (QED) is 0.824. The van der Waals surface area contributed by atoms with Gasteiger partial charge in [0.25, 0.3) is 0 Å². The molecule has 1 aromatic heterocycles. The second-order valence-electron chi connectivity index (χ2n) is 3.35. The SMILES string of the molecule is O=C(O)/C=C/c1ccc(-n2ccnc2)c(F)c1. The topological polar surface area (TPSA) is 55.1 Å². The van der Waals surface area contributed by atoms with Gasteiger partial charge in [-0.1, -0.05) is 6.07 Å². The predicted molar refractivity (Wildman–Crippen MR) is 60.2 cm³/mol. The molecule has 2 rings (SSSR count). The van der Waals surface area contributed by atoms with E-state index in [0.717, 1.165) is 6.08 Å². The van der Waals surface area contributed by atoms with Crippen LogP contribution in [0.25, 0.3) is 11.8 Å². The zero-order valence-corrected chi connectivity index (χ0v) is 8.75. The standard InChI is InChI=1S/C12H9FN2O2/c13-10-7-9(2-4-12(16)17)1-3-11(10)15-6-5-14-8-15/h1-8H,(H,16,17)/b4-2+. The Bertz CT molecular complexity index is 562. The predicted octanol–water partition coefficient (Wildman–Crippen LogP) is 2.11. The summed E-state index contributed by atoms with van der Waals surface area (Å²) in [6, 6.07) is 4.48. The van der Waals surface area contributed by atoms with E-state index in [1.807, 2.05) is 0 Å². The Morgan fingerprint density at radius 1 is 1.47 bits per heavy atom. The molecule has 1 aromatic carbocycles. The van der Waals surface area contributed by atoms with Crippen LogP contribution in [0.1, 0.15) is 5.56 Å². The van der Waals surface area contributed by atoms with Crippen LogP contribution in [0, 0.1) is 5.82 Å². The van der Waals surface area contributed by atoms with E-state index in [-0.39, 0.29) is 0 Å². The van der Waals surface area contributed by atoms with Crippen molar-refractivity contribution in [3.05, 3.63) is 54.4 Å². The third-order valence-corrected chi connectivity index (χ3v) is 2.17. The van der Waals surface area contributed by atoms with E-state index in [4.69, 9.17) is 5.11 Å². The average Bonchev–Trinajstić information content (AvgIpc) is 2.79. The van der Waals surface area contributed by atoms with Gasteiger partial charge in [0.05, 0.1) is 12.0 Å². The summed E-state index contributed by atoms with van der Waals surface area (Å²) in [5, 5.41) is 8.46. The van der Waals surface area contributed by atoms with Crippen molar-refractivity contribution in [1.82, 2.24) is 9.55 Å². The molecule has 0 atom stereocenters. The fourth-order valence-corrected chi connectivity index (χ4v) is 1.41. The lowest BCUT2D eigenvalue weighted by Gasteiger charge is -2.04. The van der Waals surface area contributed by atoms with E-state index in [0.29, 0.717) is 11.3 Å². The Morgan fingerprint density at radius 2 is 2.29 bits per heavy atom. The second-order valence-corrected chi connectivity index (χ2v) is 3.35. The molecule has 0 radical (unpaired) electrons. The number of nitrogens with zero attached hydrogens (tertiary/aromatic N) is 2. The van der Waals surface area contributed by atoms with E-state index in [1.54, 1.807) is 29.1 Å². The summed E-state index contributed by atoms with van der Waals surface area (Å²) >= 11 is 0. The van der Waals surface area contributed by atoms with Crippen molar-refractivity contribution in [2.24, 2.45) is 0 Å². The van der Waals surface area contributed by atoms with Gasteiger partial charge < -0.3 is 9.67 Å². The molecule has 0 saturated heterocycles. The van der Waals surface area contributed by atoms with Crippen molar-refractivity contribution in [2.75, 3.05) is 0 Å². The Morgan fingerprint density at radius 3 is 2.88 bits per heavy atom. The summed E-state index contributed by atoms with van der Waals surface area (Å²) in [5.41, 5.74) is 0.865. The van der Waals surface area contributed by atoms with Crippen molar-refractivity contribution in [3.8, 4) is 5.69 Å². The molecule has 0 fully saturated rings. The van der Waals surface area contributed by atoms with Gasteiger partial charge in [-0.25, -0.2) is 14.2 Å². The summed E-state index contributed by atoms with van der Waals surface area (Å²) < 4.78 is 15.2. The zero-order chi connectivity index (χ0) is 12.3. The summed E-state index contributed by atoms with van der Waals surface area (Å²) in [4.78, 5) is 14.1. The fraction of sp³-hybridized carbons (Fsp3) is 0. The molecular formula is C12H9FN2O2. The maximum Gasteiger partial charge on any atom is 0.328 e. The molecule has 0 amide bonds. The molecule has 86 valence electrons. The maximum absolute atomic E-state index is 13.7. The molecule has 1 N–H and O–H groups in total. The van der Waals surface area contributed by atoms with Crippen LogP contribution in [0.4, 0.5) is 4.39 Å². The van der Waals surface area contributed by atoms with Crippen LogP contribution in [-0.2, 0) is 4.79 Å². The first-order valence-corrected chi connectivity index (χ1v) is 4.86. The zero-order valence-electron chi connectivity index (χ0n) is 8.75. The number of benzene rings is 1. The molecule has 5 heteroatoms. The van der Waals surface area contributed by atoms with Gasteiger partial charge in [0.1, 0.15) is 5.82 Å². The average molecular weight is 232 g/mol. The first kappa shape index (κ1) is 11.1. The minimum atomic E-state index is -1.07. The highest BCUT2D eigenvalue weighted by Crippen LogP contribution is 2.15. The first-order chi connectivity index (χ1) is 8.16. The van der Waals surface area contributed by atoms with Crippen LogP contribution in [0.3, 0.4) is 0 Å². The van der Waals surface area contributed by atoms with Gasteiger partial charge in [-0.05, 0) is 23.8 Å². The summed E-state index contributed by atoms with van der Waals surface area (Å²) in [6.45, 7) is 0. The van der Waals surface area contributed by atoms with Gasteiger partial charge in [0.15, 0.2) is 0 Å². The highest BCUT2D eigenvalue weighted by Gasteiger charge is 2.04. The van der Waals surface area contributed by atoms with Gasteiger partial charge in [0.2, 0.25) is 0 Å². The van der Waals surface area contributed by atoms with Gasteiger partial charge in [0, 0.05) is 18.5 Å². The van der Waals surface area contributed by atoms with Gasteiger partial charge in [-0.15, -0.1) is 0 Å². The van der Waals surface area contributed by atoms with Crippen molar-refractivity contribution in [1.29, 1.82) is 0 Å². The van der Waals surface area contributed by atoms with Gasteiger partial charge in [-0.2, -0.15) is 0 Å². The van der Waals surface area contributed by atoms with Gasteiger partial charge >= 0.3 is 5.97 Å². The lowest BCUT2D eigenvalue weighted by molar-refractivity contribution is -0.131. The summed E-state index contributed by atoms with van der Waals surface area (Å²) in [5.74, 6) is -1.50. The number of halogens is 1. The van der Waals surface area contributed by atoms with Crippen LogP contribution in [-0.4, -0.2) is 20.6 Å². The fourth-order valence-electron chi connectivity index (χ4n) is 1.41. The van der Waals surface area contributed by atoms with Gasteiger partial charge in [-0.3, -0.25) is 0 Å². The van der Waals surface area contributed by atoms with Crippen molar-refractivity contribution < 1.29 is 14.3 Å². The number of imidazole rings is 1. The summed E-state index contributed by atoms with van der Waals surface area (Å²) in [6.07, 6.45) is 6.97. The van der Waals surface area contributed by atoms with E-state index in [9.17, 15) is 9.18 Å². The lowest BCUT2D eigenvalue weighted by atomic mass is 10.2. The van der Waals surface area contributed by atoms with Crippen molar-refractivity contribution in [2.45, 2.75) is 0 Å². The number of hydrogen-bond donors (Lipinski definition) is 1. The minimum Gasteiger partial charge on any atom is -0.478 e. The van der Waals surface area contributed by atoms with E-state index >= 15 is 0 Å². The number of aliphatic carboxylic acids is 1. The molecule has 0 bridgehead atoms. The normalized spacial score (nSPS) is 10.9. The molecule has 0 spiro atoms. The first-order valence-electron chi connectivity index (χ1n) is 4.86. The number of hydrogen-bond acceptors (Lipinski definition) is 2. The second kappa shape index (κ2) is 4.61. The molecular weight excluding hydrogens is 223 g/mol. The Kier molecular flexibility index (Phi) is 3.00. The smallest absolute Gasteiger partial charge is 0.328 e. The van der Waals surface area contributed by atoms with Crippen LogP contribution in [0.5, 0.6) is 0 Å². The monoisotopic (exact) mass is 232 g/mol. The van der Waals surface area contributed by atoms with Crippen LogP contribution in [0.2, 0.25) is 0 Å². The number of carboxylic acids is 1. The molecule has 0 unspecified atom stereocenters. The Balaban J connectivity index is 2.32. The molecule has 0 aliphatic carbocycles. The number of aromatic nitrogens is 2. The third kappa shape index (κ3) is 2.57. The van der Waals surface area contributed by atoms with E-state index in [2.05, 4.69) is 4.98 Å². The molecule has 0 saturated carbocycles. The minimum absolute atomic E-state index is 0.370. The molecule has 1 heterocycles. The van der Waals surface area contributed by atoms with E-state index in [1.165, 1.54) is 18.5 Å². The molecule has 4 nitrogen and oxygen atoms in total.